The summed E-state index contributed by atoms with van der Waals surface area (Å²) in [5, 5.41) is 10.3. The number of benzene rings is 1. The van der Waals surface area contributed by atoms with Crippen molar-refractivity contribution in [2.45, 2.75) is 45.7 Å². The van der Waals surface area contributed by atoms with Gasteiger partial charge in [-0.3, -0.25) is 0 Å². The number of hydrogen-bond acceptors (Lipinski definition) is 3. The van der Waals surface area contributed by atoms with Crippen molar-refractivity contribution in [1.82, 2.24) is 4.57 Å². The van der Waals surface area contributed by atoms with Crippen LogP contribution in [0.2, 0.25) is 0 Å². The predicted molar refractivity (Wildman–Crippen MR) is 113 cm³/mol. The van der Waals surface area contributed by atoms with E-state index in [1.165, 1.54) is 10.9 Å². The summed E-state index contributed by atoms with van der Waals surface area (Å²) < 4.78 is 41.1. The largest absolute Gasteiger partial charge is 0.416 e. The molecule has 0 aliphatic heterocycles. The zero-order chi connectivity index (χ0) is 21.5. The molecule has 154 valence electrons. The summed E-state index contributed by atoms with van der Waals surface area (Å²) in [6.07, 6.45) is 1.48. The highest BCUT2D eigenvalue weighted by molar-refractivity contribution is 7.16. The van der Waals surface area contributed by atoms with Gasteiger partial charge in [0.05, 0.1) is 11.1 Å². The first-order valence-corrected chi connectivity index (χ1v) is 10.6. The van der Waals surface area contributed by atoms with Crippen LogP contribution in [0, 0.1) is 25.2 Å². The predicted octanol–water partition coefficient (Wildman–Crippen LogP) is 6.68. The van der Waals surface area contributed by atoms with Crippen LogP contribution in [-0.2, 0) is 19.0 Å². The van der Waals surface area contributed by atoms with Crippen molar-refractivity contribution in [2.75, 3.05) is 0 Å². The molecule has 1 aliphatic carbocycles. The molecule has 0 amide bonds. The third-order valence-corrected chi connectivity index (χ3v) is 6.69. The number of aliphatic imine (C=N–C) groups is 1. The van der Waals surface area contributed by atoms with E-state index in [4.69, 9.17) is 0 Å². The molecule has 0 atom stereocenters. The number of halogens is 3. The van der Waals surface area contributed by atoms with Crippen LogP contribution >= 0.6 is 11.3 Å². The summed E-state index contributed by atoms with van der Waals surface area (Å²) >= 11 is 1.57. The molecule has 1 aromatic carbocycles. The zero-order valence-corrected chi connectivity index (χ0v) is 17.5. The molecule has 3 nitrogen and oxygen atoms in total. The Balaban J connectivity index is 1.71. The molecular weight excluding hydrogens is 407 g/mol. The fourth-order valence-corrected chi connectivity index (χ4v) is 5.21. The number of rotatable bonds is 3. The van der Waals surface area contributed by atoms with Gasteiger partial charge in [-0.2, -0.15) is 18.4 Å². The van der Waals surface area contributed by atoms with E-state index in [0.717, 1.165) is 60.3 Å². The lowest BCUT2D eigenvalue weighted by atomic mass is 9.96. The Kier molecular flexibility index (Phi) is 5.29. The Morgan fingerprint density at radius 2 is 1.93 bits per heavy atom. The maximum atomic E-state index is 13.1. The standard InChI is InChI=1S/C23H20F3N3S/c1-14-10-16(13-28-22-20(12-27)19-8-3-4-9-21(19)30-22)15(2)29(14)18-7-5-6-17(11-18)23(24,25)26/h5-7,10-11,13H,3-4,8-9H2,1-2H3. The lowest BCUT2D eigenvalue weighted by Crippen LogP contribution is -2.07. The van der Waals surface area contributed by atoms with Crippen LogP contribution in [0.1, 0.15) is 51.4 Å². The second-order valence-corrected chi connectivity index (χ2v) is 8.55. The SMILES string of the molecule is Cc1cc(C=Nc2sc3c(c2C#N)CCCC3)c(C)n1-c1cccc(C(F)(F)F)c1. The minimum atomic E-state index is -4.39. The first-order chi connectivity index (χ1) is 14.3. The van der Waals surface area contributed by atoms with E-state index >= 15 is 0 Å². The second kappa shape index (κ2) is 7.77. The Morgan fingerprint density at radius 3 is 2.67 bits per heavy atom. The molecule has 0 saturated heterocycles. The summed E-state index contributed by atoms with van der Waals surface area (Å²) in [7, 11) is 0. The molecule has 0 spiro atoms. The highest BCUT2D eigenvalue weighted by atomic mass is 32.1. The maximum Gasteiger partial charge on any atom is 0.416 e. The van der Waals surface area contributed by atoms with Crippen molar-refractivity contribution in [3.8, 4) is 11.8 Å². The van der Waals surface area contributed by atoms with Crippen molar-refractivity contribution in [3.05, 3.63) is 68.9 Å². The van der Waals surface area contributed by atoms with Crippen LogP contribution in [0.5, 0.6) is 0 Å². The zero-order valence-electron chi connectivity index (χ0n) is 16.7. The number of nitriles is 1. The van der Waals surface area contributed by atoms with Crippen LogP contribution in [-0.4, -0.2) is 10.8 Å². The number of fused-ring (bicyclic) bond motifs is 1. The number of hydrogen-bond donors (Lipinski definition) is 0. The van der Waals surface area contributed by atoms with E-state index in [1.54, 1.807) is 28.2 Å². The molecule has 4 rings (SSSR count). The summed E-state index contributed by atoms with van der Waals surface area (Å²) in [5.41, 5.74) is 4.03. The smallest absolute Gasteiger partial charge is 0.318 e. The van der Waals surface area contributed by atoms with Crippen molar-refractivity contribution in [3.63, 3.8) is 0 Å². The van der Waals surface area contributed by atoms with Gasteiger partial charge in [0.25, 0.3) is 0 Å². The Labute approximate surface area is 177 Å². The molecule has 2 heterocycles. The molecule has 1 aliphatic rings. The molecule has 7 heteroatoms. The van der Waals surface area contributed by atoms with E-state index in [1.807, 2.05) is 19.9 Å². The molecule has 30 heavy (non-hydrogen) atoms. The average Bonchev–Trinajstić information content (AvgIpc) is 3.21. The van der Waals surface area contributed by atoms with Crippen molar-refractivity contribution in [2.24, 2.45) is 4.99 Å². The molecule has 0 bridgehead atoms. The molecule has 0 fully saturated rings. The van der Waals surface area contributed by atoms with E-state index in [0.29, 0.717) is 16.3 Å². The molecule has 0 saturated carbocycles. The van der Waals surface area contributed by atoms with Gasteiger partial charge in [0, 0.05) is 33.7 Å². The van der Waals surface area contributed by atoms with Crippen molar-refractivity contribution >= 4 is 22.6 Å². The van der Waals surface area contributed by atoms with E-state index in [-0.39, 0.29) is 0 Å². The Hall–Kier alpha value is -2.85. The lowest BCUT2D eigenvalue weighted by molar-refractivity contribution is -0.137. The number of aromatic nitrogens is 1. The van der Waals surface area contributed by atoms with E-state index in [2.05, 4.69) is 11.1 Å². The number of thiophene rings is 1. The number of aryl methyl sites for hydroxylation is 2. The highest BCUT2D eigenvalue weighted by Gasteiger charge is 2.30. The van der Waals surface area contributed by atoms with Crippen LogP contribution in [0.3, 0.4) is 0 Å². The van der Waals surface area contributed by atoms with Gasteiger partial charge in [-0.25, -0.2) is 4.99 Å². The van der Waals surface area contributed by atoms with E-state index in [9.17, 15) is 18.4 Å². The fraction of sp³-hybridized carbons (Fsp3) is 0.304. The topological polar surface area (TPSA) is 41.1 Å². The van der Waals surface area contributed by atoms with Crippen LogP contribution < -0.4 is 0 Å². The van der Waals surface area contributed by atoms with Gasteiger partial charge in [0.15, 0.2) is 0 Å². The number of nitrogens with zero attached hydrogens (tertiary/aromatic N) is 3. The number of alkyl halides is 3. The van der Waals surface area contributed by atoms with Gasteiger partial charge >= 0.3 is 6.18 Å². The molecule has 2 aromatic heterocycles. The molecular formula is C23H20F3N3S. The highest BCUT2D eigenvalue weighted by Crippen LogP contribution is 2.39. The average molecular weight is 427 g/mol. The summed E-state index contributed by atoms with van der Waals surface area (Å²) in [4.78, 5) is 5.85. The molecule has 0 N–H and O–H groups in total. The van der Waals surface area contributed by atoms with Gasteiger partial charge in [-0.15, -0.1) is 11.3 Å². The monoisotopic (exact) mass is 427 g/mol. The molecule has 0 unspecified atom stereocenters. The van der Waals surface area contributed by atoms with Gasteiger partial charge in [-0.05, 0) is 69.4 Å². The van der Waals surface area contributed by atoms with Gasteiger partial charge in [0.1, 0.15) is 11.1 Å². The summed E-state index contributed by atoms with van der Waals surface area (Å²) in [6, 6.07) is 9.51. The van der Waals surface area contributed by atoms with Crippen LogP contribution in [0.4, 0.5) is 18.2 Å². The summed E-state index contributed by atoms with van der Waals surface area (Å²) in [5.74, 6) is 0. The molecule has 0 radical (unpaired) electrons. The van der Waals surface area contributed by atoms with Crippen molar-refractivity contribution < 1.29 is 13.2 Å². The van der Waals surface area contributed by atoms with Crippen LogP contribution in [0.15, 0.2) is 35.3 Å². The molecule has 3 aromatic rings. The Bertz CT molecular complexity index is 1180. The quantitative estimate of drug-likeness (QED) is 0.430. The van der Waals surface area contributed by atoms with Gasteiger partial charge < -0.3 is 4.57 Å². The Morgan fingerprint density at radius 1 is 1.17 bits per heavy atom. The first kappa shape index (κ1) is 20.4. The minimum absolute atomic E-state index is 0.462. The maximum absolute atomic E-state index is 13.1. The van der Waals surface area contributed by atoms with E-state index < -0.39 is 11.7 Å². The third-order valence-electron chi connectivity index (χ3n) is 5.49. The first-order valence-electron chi connectivity index (χ1n) is 9.75. The van der Waals surface area contributed by atoms with Crippen molar-refractivity contribution in [1.29, 1.82) is 5.26 Å². The fourth-order valence-electron chi connectivity index (χ4n) is 4.02. The van der Waals surface area contributed by atoms with Gasteiger partial charge in [-0.1, -0.05) is 6.07 Å². The van der Waals surface area contributed by atoms with Crippen LogP contribution in [0.25, 0.3) is 5.69 Å². The summed E-state index contributed by atoms with van der Waals surface area (Å²) in [6.45, 7) is 3.72. The normalized spacial score (nSPS) is 14.1. The second-order valence-electron chi connectivity index (χ2n) is 7.47. The third kappa shape index (κ3) is 3.68. The van der Waals surface area contributed by atoms with Gasteiger partial charge in [0.2, 0.25) is 0 Å². The lowest BCUT2D eigenvalue weighted by Gasteiger charge is -2.13. The minimum Gasteiger partial charge on any atom is -0.318 e.